The number of benzene rings is 1. The van der Waals surface area contributed by atoms with Gasteiger partial charge in [0.2, 0.25) is 0 Å². The molecule has 0 spiro atoms. The number of ether oxygens (including phenoxy) is 1. The van der Waals surface area contributed by atoms with E-state index in [-0.39, 0.29) is 17.9 Å². The fraction of sp³-hybridized carbons (Fsp3) is 0.250. The lowest BCUT2D eigenvalue weighted by atomic mass is 10.2. The molecule has 0 aliphatic heterocycles. The Morgan fingerprint density at radius 1 is 1.47 bits per heavy atom. The maximum Gasteiger partial charge on any atom is 0.387 e. The minimum Gasteiger partial charge on any atom is -0.435 e. The highest BCUT2D eigenvalue weighted by Crippen LogP contribution is 2.19. The first-order chi connectivity index (χ1) is 7.13. The third-order valence-electron chi connectivity index (χ3n) is 1.55. The summed E-state index contributed by atoms with van der Waals surface area (Å²) < 4.78 is 40.6. The smallest absolute Gasteiger partial charge is 0.387 e. The van der Waals surface area contributed by atoms with Crippen LogP contribution in [0.1, 0.15) is 5.56 Å². The van der Waals surface area contributed by atoms with Crippen LogP contribution >= 0.6 is 0 Å². The Labute approximate surface area is 82.9 Å². The molecule has 0 N–H and O–H groups in total. The molecule has 0 heterocycles. The van der Waals surface area contributed by atoms with E-state index >= 15 is 0 Å². The van der Waals surface area contributed by atoms with Gasteiger partial charge in [0.25, 0.3) is 0 Å². The highest BCUT2D eigenvalue weighted by atomic mass is 19.3. The third-order valence-corrected chi connectivity index (χ3v) is 1.55. The Kier molecular flexibility index (Phi) is 3.82. The first kappa shape index (κ1) is 11.2. The molecule has 0 bridgehead atoms. The molecule has 0 atom stereocenters. The van der Waals surface area contributed by atoms with Crippen LogP contribution in [0.2, 0.25) is 0 Å². The van der Waals surface area contributed by atoms with Crippen molar-refractivity contribution < 1.29 is 17.9 Å². The van der Waals surface area contributed by atoms with Crippen LogP contribution in [0.25, 0.3) is 10.4 Å². The molecule has 0 fully saturated rings. The van der Waals surface area contributed by atoms with E-state index in [9.17, 15) is 13.2 Å². The number of alkyl halides is 2. The number of hydrogen-bond acceptors (Lipinski definition) is 2. The zero-order valence-corrected chi connectivity index (χ0v) is 7.40. The molecule has 4 nitrogen and oxygen atoms in total. The van der Waals surface area contributed by atoms with Gasteiger partial charge in [0, 0.05) is 11.0 Å². The summed E-state index contributed by atoms with van der Waals surface area (Å²) in [6.45, 7) is -3.16. The summed E-state index contributed by atoms with van der Waals surface area (Å²) in [5.41, 5.74) is 8.12. The molecule has 0 aliphatic rings. The van der Waals surface area contributed by atoms with Crippen molar-refractivity contribution >= 4 is 0 Å². The Morgan fingerprint density at radius 3 is 2.73 bits per heavy atom. The third kappa shape index (κ3) is 3.40. The summed E-state index contributed by atoms with van der Waals surface area (Å²) in [6, 6.07) is 3.22. The van der Waals surface area contributed by atoms with E-state index in [1.165, 1.54) is 12.1 Å². The van der Waals surface area contributed by atoms with E-state index in [4.69, 9.17) is 5.53 Å². The normalized spacial score (nSPS) is 9.87. The minimum absolute atomic E-state index is 0.120. The predicted molar refractivity (Wildman–Crippen MR) is 45.9 cm³/mol. The molecule has 0 unspecified atom stereocenters. The molecule has 0 aromatic heterocycles. The van der Waals surface area contributed by atoms with Crippen molar-refractivity contribution in [3.8, 4) is 5.75 Å². The fourth-order valence-electron chi connectivity index (χ4n) is 0.940. The molecular formula is C8H6F3N3O. The second-order valence-corrected chi connectivity index (χ2v) is 2.52. The number of azide groups is 1. The van der Waals surface area contributed by atoms with Crippen molar-refractivity contribution in [1.82, 2.24) is 0 Å². The molecule has 0 amide bonds. The van der Waals surface area contributed by atoms with Gasteiger partial charge in [-0.1, -0.05) is 11.2 Å². The highest BCUT2D eigenvalue weighted by Gasteiger charge is 2.07. The number of hydrogen-bond donors (Lipinski definition) is 0. The largest absolute Gasteiger partial charge is 0.435 e. The van der Waals surface area contributed by atoms with E-state index in [1.54, 1.807) is 0 Å². The maximum absolute atomic E-state index is 13.1. The van der Waals surface area contributed by atoms with Gasteiger partial charge in [-0.25, -0.2) is 4.39 Å². The van der Waals surface area contributed by atoms with Gasteiger partial charge < -0.3 is 4.74 Å². The first-order valence-electron chi connectivity index (χ1n) is 3.87. The Balaban J connectivity index is 2.82. The van der Waals surface area contributed by atoms with Crippen molar-refractivity contribution in [3.05, 3.63) is 40.0 Å². The molecular weight excluding hydrogens is 211 g/mol. The fourth-order valence-corrected chi connectivity index (χ4v) is 0.940. The SMILES string of the molecule is [N-]=[N+]=NCc1ccc(OC(F)F)cc1F. The highest BCUT2D eigenvalue weighted by molar-refractivity contribution is 5.28. The first-order valence-corrected chi connectivity index (χ1v) is 3.87. The van der Waals surface area contributed by atoms with Gasteiger partial charge in [-0.05, 0) is 17.2 Å². The summed E-state index contributed by atoms with van der Waals surface area (Å²) in [4.78, 5) is 2.45. The average Bonchev–Trinajstić information content (AvgIpc) is 2.15. The van der Waals surface area contributed by atoms with Crippen LogP contribution in [0.4, 0.5) is 13.2 Å². The maximum atomic E-state index is 13.1. The lowest BCUT2D eigenvalue weighted by Crippen LogP contribution is -2.02. The average molecular weight is 217 g/mol. The predicted octanol–water partition coefficient (Wildman–Crippen LogP) is 3.24. The van der Waals surface area contributed by atoms with Crippen molar-refractivity contribution in [3.63, 3.8) is 0 Å². The Bertz CT molecular complexity index is 391. The molecule has 7 heteroatoms. The summed E-state index contributed by atoms with van der Waals surface area (Å²) in [7, 11) is 0. The summed E-state index contributed by atoms with van der Waals surface area (Å²) in [5, 5.41) is 3.15. The Hall–Kier alpha value is -1.88. The zero-order chi connectivity index (χ0) is 11.3. The molecule has 1 aromatic carbocycles. The van der Waals surface area contributed by atoms with Gasteiger partial charge in [-0.3, -0.25) is 0 Å². The lowest BCUT2D eigenvalue weighted by molar-refractivity contribution is -0.0500. The van der Waals surface area contributed by atoms with Gasteiger partial charge in [0.05, 0.1) is 6.54 Å². The van der Waals surface area contributed by atoms with Crippen molar-refractivity contribution in [2.75, 3.05) is 0 Å². The quantitative estimate of drug-likeness (QED) is 0.433. The van der Waals surface area contributed by atoms with Crippen LogP contribution in [0, 0.1) is 5.82 Å². The van der Waals surface area contributed by atoms with Crippen LogP contribution in [0.3, 0.4) is 0 Å². The number of nitrogens with zero attached hydrogens (tertiary/aromatic N) is 3. The molecule has 15 heavy (non-hydrogen) atoms. The van der Waals surface area contributed by atoms with E-state index < -0.39 is 12.4 Å². The minimum atomic E-state index is -2.99. The van der Waals surface area contributed by atoms with Crippen molar-refractivity contribution in [1.29, 1.82) is 0 Å². The van der Waals surface area contributed by atoms with Gasteiger partial charge in [0.15, 0.2) is 0 Å². The zero-order valence-electron chi connectivity index (χ0n) is 7.40. The topological polar surface area (TPSA) is 58.0 Å². The van der Waals surface area contributed by atoms with Crippen molar-refractivity contribution in [2.24, 2.45) is 5.11 Å². The van der Waals surface area contributed by atoms with E-state index in [0.717, 1.165) is 6.07 Å². The summed E-state index contributed by atoms with van der Waals surface area (Å²) >= 11 is 0. The van der Waals surface area contributed by atoms with E-state index in [1.807, 2.05) is 0 Å². The van der Waals surface area contributed by atoms with Gasteiger partial charge in [0.1, 0.15) is 11.6 Å². The molecule has 0 aliphatic carbocycles. The number of halogens is 3. The molecule has 0 saturated carbocycles. The summed E-state index contributed by atoms with van der Waals surface area (Å²) in [6.07, 6.45) is 0. The van der Waals surface area contributed by atoms with Crippen molar-refractivity contribution in [2.45, 2.75) is 13.2 Å². The van der Waals surface area contributed by atoms with E-state index in [2.05, 4.69) is 14.8 Å². The molecule has 80 valence electrons. The lowest BCUT2D eigenvalue weighted by Gasteiger charge is -2.05. The van der Waals surface area contributed by atoms with Gasteiger partial charge in [-0.2, -0.15) is 8.78 Å². The van der Waals surface area contributed by atoms with Gasteiger partial charge >= 0.3 is 6.61 Å². The second kappa shape index (κ2) is 5.11. The van der Waals surface area contributed by atoms with Crippen LogP contribution in [0.15, 0.2) is 23.3 Å². The molecule has 0 radical (unpaired) electrons. The van der Waals surface area contributed by atoms with Crippen LogP contribution in [0.5, 0.6) is 5.75 Å². The number of rotatable bonds is 4. The monoisotopic (exact) mass is 217 g/mol. The Morgan fingerprint density at radius 2 is 2.20 bits per heavy atom. The summed E-state index contributed by atoms with van der Waals surface area (Å²) in [5.74, 6) is -1.02. The standard InChI is InChI=1S/C8H6F3N3O/c9-7-3-6(15-8(10)11)2-1-5(7)4-13-14-12/h1-3,8H,4H2. The van der Waals surface area contributed by atoms with Crippen LogP contribution in [-0.2, 0) is 6.54 Å². The molecule has 1 rings (SSSR count). The molecule has 0 saturated heterocycles. The van der Waals surface area contributed by atoms with E-state index in [0.29, 0.717) is 0 Å². The van der Waals surface area contributed by atoms with Crippen LogP contribution in [-0.4, -0.2) is 6.61 Å². The molecule has 1 aromatic rings. The van der Waals surface area contributed by atoms with Gasteiger partial charge in [-0.15, -0.1) is 0 Å². The van der Waals surface area contributed by atoms with Crippen LogP contribution < -0.4 is 4.74 Å². The second-order valence-electron chi connectivity index (χ2n) is 2.52.